The molecule has 0 aliphatic heterocycles. The number of aromatic carboxylic acids is 1. The number of carboxylic acid groups (broad SMARTS) is 1. The van der Waals surface area contributed by atoms with Gasteiger partial charge < -0.3 is 20.1 Å². The molecule has 178 valence electrons. The maximum absolute atomic E-state index is 14.5. The molecule has 3 N–H and O–H groups in total. The van der Waals surface area contributed by atoms with Gasteiger partial charge in [-0.2, -0.15) is 0 Å². The summed E-state index contributed by atoms with van der Waals surface area (Å²) >= 11 is 0. The maximum Gasteiger partial charge on any atom is 0.335 e. The summed E-state index contributed by atoms with van der Waals surface area (Å²) in [4.78, 5) is 42.9. The Morgan fingerprint density at radius 2 is 1.85 bits per heavy atom. The molecule has 1 saturated carbocycles. The first kappa shape index (κ1) is 23.4. The van der Waals surface area contributed by atoms with Crippen LogP contribution in [0.25, 0.3) is 10.9 Å². The summed E-state index contributed by atoms with van der Waals surface area (Å²) in [5.74, 6) is -2.13. The molecule has 9 heteroatoms. The predicted octanol–water partition coefficient (Wildman–Crippen LogP) is 3.69. The number of aromatic amines is 1. The lowest BCUT2D eigenvalue weighted by Gasteiger charge is -2.21. The highest BCUT2D eigenvalue weighted by Crippen LogP contribution is 2.26. The Morgan fingerprint density at radius 1 is 1.12 bits per heavy atom. The Morgan fingerprint density at radius 3 is 2.56 bits per heavy atom. The van der Waals surface area contributed by atoms with E-state index in [9.17, 15) is 18.8 Å². The number of hydrogen-bond acceptors (Lipinski definition) is 5. The maximum atomic E-state index is 14.5. The third-order valence-electron chi connectivity index (χ3n) is 6.11. The highest BCUT2D eigenvalue weighted by Gasteiger charge is 2.19. The fourth-order valence-electron chi connectivity index (χ4n) is 4.22. The van der Waals surface area contributed by atoms with Crippen molar-refractivity contribution in [2.24, 2.45) is 5.92 Å². The Bertz CT molecular complexity index is 1250. The van der Waals surface area contributed by atoms with Gasteiger partial charge in [-0.05, 0) is 48.6 Å². The van der Waals surface area contributed by atoms with E-state index in [1.54, 1.807) is 12.1 Å². The Kier molecular flexibility index (Phi) is 7.20. The van der Waals surface area contributed by atoms with Crippen LogP contribution in [0.4, 0.5) is 4.39 Å². The van der Waals surface area contributed by atoms with E-state index in [1.807, 2.05) is 0 Å². The Labute approximate surface area is 195 Å². The Hall–Kier alpha value is -3.75. The molecule has 1 heterocycles. The fraction of sp³-hybridized carbons (Fsp3) is 0.360. The number of aromatic nitrogens is 2. The van der Waals surface area contributed by atoms with E-state index in [1.165, 1.54) is 24.6 Å². The number of rotatable bonds is 8. The normalized spacial score (nSPS) is 14.1. The standard InChI is InChI=1S/C25H26FN3O5/c26-18-10-11-19-20(21(18)34-13-12-15-6-8-17(9-7-15)25(32)33)23(30)29-22(28-19)24(31)27-14-16-4-2-1-3-5-16/h6-11,16H,1-5,12-14H2,(H,27,31)(H,32,33)(H,28,29,30). The number of amides is 1. The van der Waals surface area contributed by atoms with Gasteiger partial charge in [-0.3, -0.25) is 9.59 Å². The van der Waals surface area contributed by atoms with E-state index >= 15 is 0 Å². The van der Waals surface area contributed by atoms with Crippen molar-refractivity contribution in [3.8, 4) is 5.75 Å². The topological polar surface area (TPSA) is 121 Å². The summed E-state index contributed by atoms with van der Waals surface area (Å²) in [6.07, 6.45) is 6.07. The molecule has 4 rings (SSSR count). The second-order valence-corrected chi connectivity index (χ2v) is 8.50. The summed E-state index contributed by atoms with van der Waals surface area (Å²) in [7, 11) is 0. The summed E-state index contributed by atoms with van der Waals surface area (Å²) in [5.41, 5.74) is 0.470. The number of carbonyl (C=O) groups excluding carboxylic acids is 1. The van der Waals surface area contributed by atoms with Gasteiger partial charge in [-0.25, -0.2) is 14.2 Å². The number of H-pyrrole nitrogens is 1. The van der Waals surface area contributed by atoms with E-state index in [0.717, 1.165) is 37.3 Å². The number of hydrogen-bond donors (Lipinski definition) is 3. The highest BCUT2D eigenvalue weighted by atomic mass is 19.1. The number of fused-ring (bicyclic) bond motifs is 1. The van der Waals surface area contributed by atoms with Crippen LogP contribution in [-0.4, -0.2) is 40.1 Å². The fourth-order valence-corrected chi connectivity index (χ4v) is 4.22. The minimum atomic E-state index is -1.02. The molecule has 0 spiro atoms. The minimum Gasteiger partial charge on any atom is -0.489 e. The molecule has 0 unspecified atom stereocenters. The average Bonchev–Trinajstić information content (AvgIpc) is 2.84. The minimum absolute atomic E-state index is 0.0610. The first-order valence-electron chi connectivity index (χ1n) is 11.4. The van der Waals surface area contributed by atoms with Crippen molar-refractivity contribution in [3.05, 3.63) is 69.5 Å². The van der Waals surface area contributed by atoms with E-state index in [4.69, 9.17) is 9.84 Å². The molecule has 0 bridgehead atoms. The third kappa shape index (κ3) is 5.41. The van der Waals surface area contributed by atoms with Crippen molar-refractivity contribution in [2.45, 2.75) is 38.5 Å². The monoisotopic (exact) mass is 467 g/mol. The molecule has 1 aliphatic rings. The van der Waals surface area contributed by atoms with Gasteiger partial charge in [0.25, 0.3) is 11.5 Å². The lowest BCUT2D eigenvalue weighted by atomic mass is 9.89. The predicted molar refractivity (Wildman–Crippen MR) is 124 cm³/mol. The van der Waals surface area contributed by atoms with Gasteiger partial charge in [0.05, 0.1) is 17.7 Å². The van der Waals surface area contributed by atoms with Crippen molar-refractivity contribution in [1.82, 2.24) is 15.3 Å². The lowest BCUT2D eigenvalue weighted by Crippen LogP contribution is -2.32. The van der Waals surface area contributed by atoms with Crippen LogP contribution < -0.4 is 15.6 Å². The molecule has 1 amide bonds. The van der Waals surface area contributed by atoms with Gasteiger partial charge in [0.2, 0.25) is 0 Å². The van der Waals surface area contributed by atoms with Crippen LogP contribution >= 0.6 is 0 Å². The van der Waals surface area contributed by atoms with Gasteiger partial charge in [0.1, 0.15) is 5.39 Å². The molecule has 1 fully saturated rings. The van der Waals surface area contributed by atoms with Crippen LogP contribution in [0, 0.1) is 11.7 Å². The largest absolute Gasteiger partial charge is 0.489 e. The average molecular weight is 467 g/mol. The van der Waals surface area contributed by atoms with Gasteiger partial charge in [0, 0.05) is 13.0 Å². The van der Waals surface area contributed by atoms with Crippen LogP contribution in [0.15, 0.2) is 41.2 Å². The molecule has 3 aromatic rings. The highest BCUT2D eigenvalue weighted by molar-refractivity contribution is 5.93. The van der Waals surface area contributed by atoms with Crippen molar-refractivity contribution in [1.29, 1.82) is 0 Å². The van der Waals surface area contributed by atoms with Crippen LogP contribution in [0.5, 0.6) is 5.75 Å². The lowest BCUT2D eigenvalue weighted by molar-refractivity contribution is 0.0696. The zero-order valence-electron chi connectivity index (χ0n) is 18.6. The molecule has 0 saturated heterocycles. The first-order valence-corrected chi connectivity index (χ1v) is 11.4. The molecule has 1 aromatic heterocycles. The summed E-state index contributed by atoms with van der Waals surface area (Å²) in [5, 5.41) is 11.7. The quantitative estimate of drug-likeness (QED) is 0.465. The molecule has 0 atom stereocenters. The van der Waals surface area contributed by atoms with Crippen LogP contribution in [0.3, 0.4) is 0 Å². The van der Waals surface area contributed by atoms with Gasteiger partial charge in [-0.1, -0.05) is 31.4 Å². The van der Waals surface area contributed by atoms with Crippen LogP contribution in [0.1, 0.15) is 58.6 Å². The Balaban J connectivity index is 1.47. The van der Waals surface area contributed by atoms with Gasteiger partial charge >= 0.3 is 5.97 Å². The summed E-state index contributed by atoms with van der Waals surface area (Å²) in [6.45, 7) is 0.595. The zero-order chi connectivity index (χ0) is 24.1. The second-order valence-electron chi connectivity index (χ2n) is 8.50. The van der Waals surface area contributed by atoms with E-state index < -0.39 is 23.3 Å². The number of halogens is 1. The molecular weight excluding hydrogens is 441 g/mol. The molecule has 2 aromatic carbocycles. The molecule has 8 nitrogen and oxygen atoms in total. The molecule has 34 heavy (non-hydrogen) atoms. The van der Waals surface area contributed by atoms with Crippen molar-refractivity contribution in [3.63, 3.8) is 0 Å². The SMILES string of the molecule is O=C(O)c1ccc(CCOc2c(F)ccc3nc(C(=O)NCC4CCCCC4)[nH]c(=O)c23)cc1. The van der Waals surface area contributed by atoms with Gasteiger partial charge in [-0.15, -0.1) is 0 Å². The van der Waals surface area contributed by atoms with E-state index in [0.29, 0.717) is 18.9 Å². The number of nitrogens with zero attached hydrogens (tertiary/aromatic N) is 1. The van der Waals surface area contributed by atoms with Gasteiger partial charge in [0.15, 0.2) is 17.4 Å². The number of benzene rings is 2. The third-order valence-corrected chi connectivity index (χ3v) is 6.11. The summed E-state index contributed by atoms with van der Waals surface area (Å²) in [6, 6.07) is 8.75. The first-order chi connectivity index (χ1) is 16.4. The second kappa shape index (κ2) is 10.5. The number of carbonyl (C=O) groups is 2. The van der Waals surface area contributed by atoms with Crippen LogP contribution in [-0.2, 0) is 6.42 Å². The number of nitrogens with one attached hydrogen (secondary N) is 2. The number of carboxylic acids is 1. The van der Waals surface area contributed by atoms with Crippen molar-refractivity contribution in [2.75, 3.05) is 13.2 Å². The molecule has 1 aliphatic carbocycles. The van der Waals surface area contributed by atoms with E-state index in [2.05, 4.69) is 15.3 Å². The van der Waals surface area contributed by atoms with Crippen molar-refractivity contribution < 1.29 is 23.8 Å². The summed E-state index contributed by atoms with van der Waals surface area (Å²) < 4.78 is 20.1. The van der Waals surface area contributed by atoms with Crippen molar-refractivity contribution >= 4 is 22.8 Å². The molecule has 0 radical (unpaired) electrons. The van der Waals surface area contributed by atoms with Crippen LogP contribution in [0.2, 0.25) is 0 Å². The molecular formula is C25H26FN3O5. The van der Waals surface area contributed by atoms with E-state index in [-0.39, 0.29) is 34.6 Å². The smallest absolute Gasteiger partial charge is 0.335 e. The number of ether oxygens (including phenoxy) is 1. The zero-order valence-corrected chi connectivity index (χ0v) is 18.6.